The Morgan fingerprint density at radius 3 is 2.54 bits per heavy atom. The molecule has 1 heterocycles. The Hall–Kier alpha value is -3.32. The molecule has 4 aromatic rings. The van der Waals surface area contributed by atoms with Crippen molar-refractivity contribution < 1.29 is 19.0 Å². The van der Waals surface area contributed by atoms with Gasteiger partial charge in [0, 0.05) is 0 Å². The van der Waals surface area contributed by atoms with Crippen LogP contribution in [0.5, 0.6) is 17.2 Å². The van der Waals surface area contributed by atoms with Gasteiger partial charge in [-0.05, 0) is 35.0 Å². The highest BCUT2D eigenvalue weighted by Gasteiger charge is 2.15. The van der Waals surface area contributed by atoms with Crippen LogP contribution in [0.15, 0.2) is 54.6 Å². The Balaban J connectivity index is 1.47. The number of aromatic nitrogens is 1. The molecule has 4 rings (SSSR count). The second-order valence-corrected chi connectivity index (χ2v) is 7.01. The van der Waals surface area contributed by atoms with Crippen LogP contribution in [0.4, 0.5) is 5.13 Å². The average molecular weight is 394 g/mol. The lowest BCUT2D eigenvalue weighted by Gasteiger charge is -2.07. The van der Waals surface area contributed by atoms with Gasteiger partial charge >= 0.3 is 0 Å². The van der Waals surface area contributed by atoms with Crippen LogP contribution in [0, 0.1) is 0 Å². The molecule has 0 atom stereocenters. The van der Waals surface area contributed by atoms with Gasteiger partial charge in [0.15, 0.2) is 11.7 Å². The summed E-state index contributed by atoms with van der Waals surface area (Å²) in [6, 6.07) is 17.3. The molecule has 0 spiro atoms. The first-order chi connectivity index (χ1) is 13.7. The summed E-state index contributed by atoms with van der Waals surface area (Å²) in [7, 11) is 3.17. The van der Waals surface area contributed by atoms with E-state index in [2.05, 4.69) is 10.3 Å². The van der Waals surface area contributed by atoms with Gasteiger partial charge in [-0.3, -0.25) is 10.1 Å². The summed E-state index contributed by atoms with van der Waals surface area (Å²) in [5.74, 6) is 1.66. The highest BCUT2D eigenvalue weighted by atomic mass is 32.1. The molecule has 0 saturated heterocycles. The Kier molecular flexibility index (Phi) is 4.99. The number of hydrogen-bond acceptors (Lipinski definition) is 6. The summed E-state index contributed by atoms with van der Waals surface area (Å²) >= 11 is 1.33. The molecule has 1 N–H and O–H groups in total. The minimum Gasteiger partial charge on any atom is -0.495 e. The van der Waals surface area contributed by atoms with Gasteiger partial charge < -0.3 is 14.2 Å². The monoisotopic (exact) mass is 394 g/mol. The molecule has 0 aliphatic carbocycles. The van der Waals surface area contributed by atoms with Crippen molar-refractivity contribution >= 4 is 43.4 Å². The molecule has 0 bridgehead atoms. The van der Waals surface area contributed by atoms with E-state index in [1.54, 1.807) is 20.3 Å². The van der Waals surface area contributed by atoms with Crippen molar-refractivity contribution in [2.75, 3.05) is 26.1 Å². The first-order valence-corrected chi connectivity index (χ1v) is 9.42. The predicted octanol–water partition coefficient (Wildman–Crippen LogP) is 4.48. The molecule has 3 aromatic carbocycles. The molecule has 1 amide bonds. The van der Waals surface area contributed by atoms with E-state index in [9.17, 15) is 4.79 Å². The predicted molar refractivity (Wildman–Crippen MR) is 111 cm³/mol. The first-order valence-electron chi connectivity index (χ1n) is 8.61. The molecule has 0 aliphatic rings. The van der Waals surface area contributed by atoms with Crippen molar-refractivity contribution in [2.45, 2.75) is 0 Å². The maximum Gasteiger partial charge on any atom is 0.264 e. The number of hydrogen-bond donors (Lipinski definition) is 1. The Morgan fingerprint density at radius 2 is 1.75 bits per heavy atom. The molecule has 1 aromatic heterocycles. The Labute approximate surface area is 165 Å². The van der Waals surface area contributed by atoms with E-state index in [0.29, 0.717) is 27.9 Å². The van der Waals surface area contributed by atoms with Gasteiger partial charge in [-0.2, -0.15) is 0 Å². The summed E-state index contributed by atoms with van der Waals surface area (Å²) in [5.41, 5.74) is 0.651. The number of fused-ring (bicyclic) bond motifs is 2. The van der Waals surface area contributed by atoms with Gasteiger partial charge in [-0.25, -0.2) is 4.98 Å². The molecule has 0 unspecified atom stereocenters. The maximum absolute atomic E-state index is 12.3. The van der Waals surface area contributed by atoms with Crippen molar-refractivity contribution in [2.24, 2.45) is 0 Å². The van der Waals surface area contributed by atoms with E-state index in [1.165, 1.54) is 11.3 Å². The maximum atomic E-state index is 12.3. The van der Waals surface area contributed by atoms with Crippen LogP contribution in [0.1, 0.15) is 0 Å². The smallest absolute Gasteiger partial charge is 0.264 e. The van der Waals surface area contributed by atoms with Gasteiger partial charge in [0.05, 0.1) is 14.2 Å². The number of rotatable bonds is 6. The Morgan fingerprint density at radius 1 is 1.00 bits per heavy atom. The van der Waals surface area contributed by atoms with Gasteiger partial charge in [0.25, 0.3) is 5.91 Å². The lowest BCUT2D eigenvalue weighted by atomic mass is 10.1. The second kappa shape index (κ2) is 7.74. The van der Waals surface area contributed by atoms with E-state index >= 15 is 0 Å². The first kappa shape index (κ1) is 18.1. The van der Waals surface area contributed by atoms with E-state index in [0.717, 1.165) is 15.5 Å². The third-order valence-electron chi connectivity index (χ3n) is 4.25. The van der Waals surface area contributed by atoms with Gasteiger partial charge in [0.1, 0.15) is 27.5 Å². The molecule has 0 saturated carbocycles. The largest absolute Gasteiger partial charge is 0.495 e. The topological polar surface area (TPSA) is 69.7 Å². The summed E-state index contributed by atoms with van der Waals surface area (Å²) in [6.45, 7) is -0.109. The van der Waals surface area contributed by atoms with Crippen LogP contribution >= 0.6 is 11.3 Å². The standard InChI is InChI=1S/C21H18N2O4S/c1-25-16-9-10-17(26-2)20-19(16)23-21(28-20)22-18(24)12-27-15-8-7-13-5-3-4-6-14(13)11-15/h3-11H,12H2,1-2H3,(H,22,23,24). The highest BCUT2D eigenvalue weighted by molar-refractivity contribution is 7.22. The number of anilines is 1. The number of amides is 1. The van der Waals surface area contributed by atoms with Gasteiger partial charge in [-0.15, -0.1) is 0 Å². The van der Waals surface area contributed by atoms with E-state index < -0.39 is 0 Å². The molecule has 0 aliphatic heterocycles. The third-order valence-corrected chi connectivity index (χ3v) is 5.23. The number of ether oxygens (including phenoxy) is 3. The van der Waals surface area contributed by atoms with E-state index in [-0.39, 0.29) is 12.5 Å². The summed E-state index contributed by atoms with van der Waals surface area (Å²) in [6.07, 6.45) is 0. The van der Waals surface area contributed by atoms with Crippen LogP contribution in [0.3, 0.4) is 0 Å². The van der Waals surface area contributed by atoms with Crippen molar-refractivity contribution in [1.82, 2.24) is 4.98 Å². The summed E-state index contributed by atoms with van der Waals surface area (Å²) in [4.78, 5) is 16.8. The van der Waals surface area contributed by atoms with Gasteiger partial charge in [-0.1, -0.05) is 41.7 Å². The highest BCUT2D eigenvalue weighted by Crippen LogP contribution is 2.38. The Bertz CT molecular complexity index is 1110. The molecule has 0 fully saturated rings. The average Bonchev–Trinajstić information content (AvgIpc) is 3.14. The van der Waals surface area contributed by atoms with Gasteiger partial charge in [0.2, 0.25) is 0 Å². The van der Waals surface area contributed by atoms with Crippen LogP contribution in [0.25, 0.3) is 21.0 Å². The molecular formula is C21H18N2O4S. The zero-order valence-corrected chi connectivity index (χ0v) is 16.2. The number of nitrogens with zero attached hydrogens (tertiary/aromatic N) is 1. The fourth-order valence-electron chi connectivity index (χ4n) is 2.90. The fraction of sp³-hybridized carbons (Fsp3) is 0.143. The van der Waals surface area contributed by atoms with Crippen LogP contribution in [-0.2, 0) is 4.79 Å². The number of methoxy groups -OCH3 is 2. The minimum atomic E-state index is -0.287. The fourth-order valence-corrected chi connectivity index (χ4v) is 3.89. The number of carbonyl (C=O) groups is 1. The quantitative estimate of drug-likeness (QED) is 0.522. The van der Waals surface area contributed by atoms with Crippen molar-refractivity contribution in [3.8, 4) is 17.2 Å². The number of nitrogens with one attached hydrogen (secondary N) is 1. The SMILES string of the molecule is COc1ccc(OC)c2sc(NC(=O)COc3ccc4ccccc4c3)nc12. The lowest BCUT2D eigenvalue weighted by molar-refractivity contribution is -0.118. The second-order valence-electron chi connectivity index (χ2n) is 6.01. The molecule has 28 heavy (non-hydrogen) atoms. The molecule has 7 heteroatoms. The molecule has 6 nitrogen and oxygen atoms in total. The number of benzene rings is 3. The normalized spacial score (nSPS) is 10.8. The molecule has 0 radical (unpaired) electrons. The van der Waals surface area contributed by atoms with Crippen LogP contribution < -0.4 is 19.5 Å². The molecule has 142 valence electrons. The summed E-state index contributed by atoms with van der Waals surface area (Å²) in [5, 5.41) is 5.42. The number of carbonyl (C=O) groups excluding carboxylic acids is 1. The number of thiazole rings is 1. The van der Waals surface area contributed by atoms with Crippen molar-refractivity contribution in [3.05, 3.63) is 54.6 Å². The van der Waals surface area contributed by atoms with E-state index in [4.69, 9.17) is 14.2 Å². The van der Waals surface area contributed by atoms with Crippen molar-refractivity contribution in [3.63, 3.8) is 0 Å². The lowest BCUT2D eigenvalue weighted by Crippen LogP contribution is -2.19. The van der Waals surface area contributed by atoms with Crippen LogP contribution in [0.2, 0.25) is 0 Å². The molecular weight excluding hydrogens is 376 g/mol. The van der Waals surface area contributed by atoms with Crippen molar-refractivity contribution in [1.29, 1.82) is 0 Å². The van der Waals surface area contributed by atoms with Crippen LogP contribution in [-0.4, -0.2) is 31.7 Å². The third kappa shape index (κ3) is 3.57. The van der Waals surface area contributed by atoms with E-state index in [1.807, 2.05) is 48.5 Å². The zero-order chi connectivity index (χ0) is 19.5. The minimum absolute atomic E-state index is 0.109. The zero-order valence-electron chi connectivity index (χ0n) is 15.4. The summed E-state index contributed by atoms with van der Waals surface area (Å²) < 4.78 is 17.1.